The Labute approximate surface area is 484 Å². The SMILES string of the molecule is CC/C=C\C/C=C\C/C=C\C/C=C\C/C=C\C/C=C\C/C=C\CCCCCC(=O)OCC(COC(=O)CCCCC/C=C\C/C=C\C/C=C\CC)OC(=O)CCCCCC/C=C\C/C=C\C/C=C\C/C=C\C/C=C\C/C=C\CC. The van der Waals surface area contributed by atoms with Crippen molar-refractivity contribution in [2.45, 2.75) is 232 Å². The molecule has 0 aromatic heterocycles. The largest absolute Gasteiger partial charge is 0.462 e. The lowest BCUT2D eigenvalue weighted by atomic mass is 10.1. The van der Waals surface area contributed by atoms with E-state index in [1.54, 1.807) is 0 Å². The van der Waals surface area contributed by atoms with Gasteiger partial charge in [-0.3, -0.25) is 14.4 Å². The van der Waals surface area contributed by atoms with Crippen LogP contribution in [0.15, 0.2) is 194 Å². The summed E-state index contributed by atoms with van der Waals surface area (Å²) in [4.78, 5) is 38.3. The molecule has 0 aliphatic carbocycles. The molecule has 0 aliphatic rings. The molecule has 0 amide bonds. The summed E-state index contributed by atoms with van der Waals surface area (Å²) in [6.07, 6.45) is 98.6. The van der Waals surface area contributed by atoms with Crippen LogP contribution in [0, 0.1) is 0 Å². The van der Waals surface area contributed by atoms with Gasteiger partial charge in [0.1, 0.15) is 13.2 Å². The summed E-state index contributed by atoms with van der Waals surface area (Å²) in [5.74, 6) is -1.02. The second-order valence-corrected chi connectivity index (χ2v) is 19.5. The van der Waals surface area contributed by atoms with Crippen LogP contribution in [0.1, 0.15) is 226 Å². The van der Waals surface area contributed by atoms with Crippen LogP contribution in [-0.4, -0.2) is 37.2 Å². The number of unbranched alkanes of at least 4 members (excludes halogenated alkanes) is 10. The van der Waals surface area contributed by atoms with Crippen LogP contribution in [0.4, 0.5) is 0 Å². The molecule has 0 saturated carbocycles. The first-order chi connectivity index (χ1) is 39.0. The summed E-state index contributed by atoms with van der Waals surface area (Å²) < 4.78 is 16.8. The minimum atomic E-state index is -0.832. The molecule has 0 spiro atoms. The second kappa shape index (κ2) is 64.8. The third kappa shape index (κ3) is 63.0. The lowest BCUT2D eigenvalue weighted by Gasteiger charge is -2.18. The van der Waals surface area contributed by atoms with Crippen molar-refractivity contribution in [3.63, 3.8) is 0 Å². The zero-order valence-electron chi connectivity index (χ0n) is 50.0. The Bertz CT molecular complexity index is 1920. The van der Waals surface area contributed by atoms with Gasteiger partial charge >= 0.3 is 17.9 Å². The Kier molecular flexibility index (Phi) is 60.1. The number of esters is 3. The number of ether oxygens (including phenoxy) is 3. The minimum Gasteiger partial charge on any atom is -0.462 e. The van der Waals surface area contributed by atoms with Gasteiger partial charge in [-0.05, 0) is 161 Å². The molecule has 438 valence electrons. The van der Waals surface area contributed by atoms with Crippen molar-refractivity contribution in [3.05, 3.63) is 194 Å². The minimum absolute atomic E-state index is 0.126. The van der Waals surface area contributed by atoms with Crippen LogP contribution < -0.4 is 0 Å². The quantitative estimate of drug-likeness (QED) is 0.0261. The van der Waals surface area contributed by atoms with Crippen LogP contribution in [-0.2, 0) is 28.6 Å². The normalized spacial score (nSPS) is 13.5. The molecule has 0 radical (unpaired) electrons. The summed E-state index contributed by atoms with van der Waals surface area (Å²) in [5, 5.41) is 0. The number of carbonyl (C=O) groups excluding carboxylic acids is 3. The first-order valence-corrected chi connectivity index (χ1v) is 30.9. The predicted molar refractivity (Wildman–Crippen MR) is 343 cm³/mol. The van der Waals surface area contributed by atoms with E-state index < -0.39 is 6.10 Å². The maximum Gasteiger partial charge on any atom is 0.306 e. The smallest absolute Gasteiger partial charge is 0.306 e. The van der Waals surface area contributed by atoms with Gasteiger partial charge < -0.3 is 14.2 Å². The van der Waals surface area contributed by atoms with Gasteiger partial charge in [0.25, 0.3) is 0 Å². The fraction of sp³-hybridized carbons (Fsp3) is 0.521. The Hall–Kier alpha value is -5.75. The third-order valence-electron chi connectivity index (χ3n) is 12.1. The first-order valence-electron chi connectivity index (χ1n) is 30.9. The van der Waals surface area contributed by atoms with E-state index in [4.69, 9.17) is 14.2 Å². The molecule has 0 saturated heterocycles. The van der Waals surface area contributed by atoms with Crippen LogP contribution in [0.3, 0.4) is 0 Å². The first kappa shape index (κ1) is 73.2. The number of hydrogen-bond donors (Lipinski definition) is 0. The Morgan fingerprint density at radius 3 is 0.709 bits per heavy atom. The van der Waals surface area contributed by atoms with Gasteiger partial charge in [0.2, 0.25) is 0 Å². The number of hydrogen-bond acceptors (Lipinski definition) is 6. The molecule has 0 heterocycles. The maximum absolute atomic E-state index is 12.9. The highest BCUT2D eigenvalue weighted by molar-refractivity contribution is 5.71. The van der Waals surface area contributed by atoms with E-state index in [1.807, 2.05) is 0 Å². The van der Waals surface area contributed by atoms with Crippen molar-refractivity contribution >= 4 is 17.9 Å². The average Bonchev–Trinajstić information content (AvgIpc) is 3.45. The van der Waals surface area contributed by atoms with E-state index in [1.165, 1.54) is 0 Å². The molecule has 0 bridgehead atoms. The van der Waals surface area contributed by atoms with Crippen LogP contribution >= 0.6 is 0 Å². The Morgan fingerprint density at radius 2 is 0.456 bits per heavy atom. The molecular formula is C73H110O6. The molecule has 1 atom stereocenters. The van der Waals surface area contributed by atoms with Crippen LogP contribution in [0.2, 0.25) is 0 Å². The van der Waals surface area contributed by atoms with Crippen molar-refractivity contribution in [1.29, 1.82) is 0 Å². The molecule has 0 fully saturated rings. The van der Waals surface area contributed by atoms with Crippen LogP contribution in [0.5, 0.6) is 0 Å². The van der Waals surface area contributed by atoms with E-state index in [0.717, 1.165) is 186 Å². The summed E-state index contributed by atoms with van der Waals surface area (Å²) in [7, 11) is 0. The van der Waals surface area contributed by atoms with Crippen molar-refractivity contribution in [2.24, 2.45) is 0 Å². The van der Waals surface area contributed by atoms with Gasteiger partial charge in [-0.2, -0.15) is 0 Å². The molecule has 0 rings (SSSR count). The zero-order chi connectivity index (χ0) is 57.1. The molecule has 79 heavy (non-hydrogen) atoms. The van der Waals surface area contributed by atoms with Gasteiger partial charge in [0.05, 0.1) is 0 Å². The number of rotatable bonds is 53. The third-order valence-corrected chi connectivity index (χ3v) is 12.1. The van der Waals surface area contributed by atoms with Gasteiger partial charge in [0.15, 0.2) is 6.10 Å². The fourth-order valence-corrected chi connectivity index (χ4v) is 7.56. The molecule has 6 heteroatoms. The summed E-state index contributed by atoms with van der Waals surface area (Å²) in [6.45, 7) is 6.20. The molecule has 0 aromatic carbocycles. The van der Waals surface area contributed by atoms with Crippen molar-refractivity contribution < 1.29 is 28.6 Å². The summed E-state index contributed by atoms with van der Waals surface area (Å²) >= 11 is 0. The molecular weight excluding hydrogens is 973 g/mol. The summed E-state index contributed by atoms with van der Waals surface area (Å²) in [5.41, 5.74) is 0. The zero-order valence-corrected chi connectivity index (χ0v) is 50.0. The topological polar surface area (TPSA) is 78.9 Å². The highest BCUT2D eigenvalue weighted by Gasteiger charge is 2.19. The Morgan fingerprint density at radius 1 is 0.253 bits per heavy atom. The summed E-state index contributed by atoms with van der Waals surface area (Å²) in [6, 6.07) is 0. The monoisotopic (exact) mass is 1080 g/mol. The Balaban J connectivity index is 4.54. The lowest BCUT2D eigenvalue weighted by Crippen LogP contribution is -2.30. The second-order valence-electron chi connectivity index (χ2n) is 19.5. The van der Waals surface area contributed by atoms with E-state index >= 15 is 0 Å². The molecule has 0 N–H and O–H groups in total. The molecule has 0 aliphatic heterocycles. The predicted octanol–water partition coefficient (Wildman–Crippen LogP) is 21.4. The van der Waals surface area contributed by atoms with E-state index in [9.17, 15) is 14.4 Å². The standard InChI is InChI=1S/C73H110O6/c1-4-7-10-13-16-19-22-25-27-29-31-33-35-36-38-39-41-43-45-48-51-54-57-60-63-66-72(75)78-69-70(68-77-71(74)65-62-59-56-53-50-47-24-21-18-15-12-9-6-3)79-73(76)67-64-61-58-55-52-49-46-44-42-40-37-34-32-30-28-26-23-20-17-14-11-8-5-2/h7-12,16-21,25-28,31-34,36,38,40-43,46-51,70H,4-6,13-15,22-24,29-30,35,37,39,44-45,52-69H2,1-3H3/b10-7-,11-8-,12-9-,19-16-,20-17-,21-18-,27-25-,28-26-,33-31-,34-32-,38-36-,42-40-,43-41-,49-46-,50-47-,51-48-. The maximum atomic E-state index is 12.9. The van der Waals surface area contributed by atoms with Crippen molar-refractivity contribution in [2.75, 3.05) is 13.2 Å². The van der Waals surface area contributed by atoms with Crippen molar-refractivity contribution in [1.82, 2.24) is 0 Å². The highest BCUT2D eigenvalue weighted by atomic mass is 16.6. The fourth-order valence-electron chi connectivity index (χ4n) is 7.56. The number of allylic oxidation sites excluding steroid dienone is 32. The van der Waals surface area contributed by atoms with Crippen LogP contribution in [0.25, 0.3) is 0 Å². The van der Waals surface area contributed by atoms with E-state index in [2.05, 4.69) is 215 Å². The van der Waals surface area contributed by atoms with Gasteiger partial charge in [0, 0.05) is 19.3 Å². The molecule has 6 nitrogen and oxygen atoms in total. The van der Waals surface area contributed by atoms with Gasteiger partial charge in [-0.25, -0.2) is 0 Å². The van der Waals surface area contributed by atoms with Gasteiger partial charge in [-0.15, -0.1) is 0 Å². The molecule has 0 aromatic rings. The molecule has 1 unspecified atom stereocenters. The highest BCUT2D eigenvalue weighted by Crippen LogP contribution is 2.12. The van der Waals surface area contributed by atoms with E-state index in [-0.39, 0.29) is 37.5 Å². The van der Waals surface area contributed by atoms with E-state index in [0.29, 0.717) is 12.8 Å². The van der Waals surface area contributed by atoms with Gasteiger partial charge in [-0.1, -0.05) is 241 Å². The number of carbonyl (C=O) groups is 3. The lowest BCUT2D eigenvalue weighted by molar-refractivity contribution is -0.167. The van der Waals surface area contributed by atoms with Crippen molar-refractivity contribution in [3.8, 4) is 0 Å². The average molecular weight is 1080 g/mol.